The van der Waals surface area contributed by atoms with E-state index in [-0.39, 0.29) is 0 Å². The molecule has 0 heterocycles. The number of rotatable bonds is 4. The topological polar surface area (TPSA) is 24.1 Å². The number of nitrogens with one attached hydrogen (secondary N) is 2. The lowest BCUT2D eigenvalue weighted by molar-refractivity contribution is 0.409. The minimum Gasteiger partial charge on any atom is -0.360 e. The van der Waals surface area contributed by atoms with Gasteiger partial charge in [0, 0.05) is 12.1 Å². The summed E-state index contributed by atoms with van der Waals surface area (Å²) in [6.45, 7) is 4.40. The average molecular weight is 228 g/mol. The summed E-state index contributed by atoms with van der Waals surface area (Å²) < 4.78 is 0. The van der Waals surface area contributed by atoms with E-state index in [1.807, 2.05) is 0 Å². The van der Waals surface area contributed by atoms with Gasteiger partial charge < -0.3 is 10.6 Å². The number of hydrogen-bond acceptors (Lipinski definition) is 1. The van der Waals surface area contributed by atoms with Crippen molar-refractivity contribution in [3.05, 3.63) is 0 Å². The first-order valence-electron chi connectivity index (χ1n) is 6.33. The van der Waals surface area contributed by atoms with Crippen molar-refractivity contribution in [2.45, 2.75) is 70.9 Å². The fraction of sp³-hybridized carbons (Fsp3) is 0.917. The van der Waals surface area contributed by atoms with Crippen LogP contribution >= 0.6 is 12.2 Å². The van der Waals surface area contributed by atoms with Crippen molar-refractivity contribution in [1.82, 2.24) is 10.6 Å². The molecule has 0 unspecified atom stereocenters. The van der Waals surface area contributed by atoms with Crippen molar-refractivity contribution in [2.24, 2.45) is 0 Å². The molecule has 0 aliphatic heterocycles. The summed E-state index contributed by atoms with van der Waals surface area (Å²) in [5, 5.41) is 7.68. The third kappa shape index (κ3) is 4.83. The monoisotopic (exact) mass is 228 g/mol. The Morgan fingerprint density at radius 3 is 2.33 bits per heavy atom. The first-order chi connectivity index (χ1) is 7.26. The Labute approximate surface area is 99.2 Å². The van der Waals surface area contributed by atoms with E-state index in [0.717, 1.165) is 18.0 Å². The van der Waals surface area contributed by atoms with E-state index in [1.54, 1.807) is 0 Å². The molecule has 1 aliphatic carbocycles. The van der Waals surface area contributed by atoms with E-state index < -0.39 is 0 Å². The Bertz CT molecular complexity index is 184. The van der Waals surface area contributed by atoms with Gasteiger partial charge in [0.05, 0.1) is 0 Å². The lowest BCUT2D eigenvalue weighted by atomic mass is 9.96. The van der Waals surface area contributed by atoms with Crippen molar-refractivity contribution in [3.63, 3.8) is 0 Å². The second-order valence-corrected chi connectivity index (χ2v) is 4.87. The van der Waals surface area contributed by atoms with Gasteiger partial charge in [0.25, 0.3) is 0 Å². The maximum Gasteiger partial charge on any atom is 0.166 e. The van der Waals surface area contributed by atoms with Crippen LogP contribution in [0.3, 0.4) is 0 Å². The number of hydrogen-bond donors (Lipinski definition) is 2. The van der Waals surface area contributed by atoms with Gasteiger partial charge in [0.1, 0.15) is 0 Å². The van der Waals surface area contributed by atoms with E-state index in [9.17, 15) is 0 Å². The van der Waals surface area contributed by atoms with Gasteiger partial charge in [-0.15, -0.1) is 0 Å². The zero-order valence-corrected chi connectivity index (χ0v) is 10.8. The predicted molar refractivity (Wildman–Crippen MR) is 70.1 cm³/mol. The van der Waals surface area contributed by atoms with E-state index in [4.69, 9.17) is 12.2 Å². The SMILES string of the molecule is CCC(CC)NC(=S)NC1CCCCC1. The Kier molecular flexibility index (Phi) is 5.99. The molecule has 1 fully saturated rings. The van der Waals surface area contributed by atoms with Crippen molar-refractivity contribution in [1.29, 1.82) is 0 Å². The second kappa shape index (κ2) is 7.04. The molecule has 1 saturated carbocycles. The molecule has 1 aliphatic rings. The van der Waals surface area contributed by atoms with Crippen LogP contribution in [0.2, 0.25) is 0 Å². The Balaban J connectivity index is 2.21. The molecule has 0 atom stereocenters. The fourth-order valence-corrected chi connectivity index (χ4v) is 2.49. The van der Waals surface area contributed by atoms with Crippen LogP contribution in [0, 0.1) is 0 Å². The molecular formula is C12H24N2S. The van der Waals surface area contributed by atoms with Crippen LogP contribution in [0.15, 0.2) is 0 Å². The van der Waals surface area contributed by atoms with E-state index in [2.05, 4.69) is 24.5 Å². The van der Waals surface area contributed by atoms with Crippen LogP contribution in [0.4, 0.5) is 0 Å². The molecule has 0 aromatic rings. The fourth-order valence-electron chi connectivity index (χ4n) is 2.15. The van der Waals surface area contributed by atoms with Gasteiger partial charge in [-0.1, -0.05) is 33.1 Å². The smallest absolute Gasteiger partial charge is 0.166 e. The summed E-state index contributed by atoms with van der Waals surface area (Å²) in [6, 6.07) is 1.15. The molecule has 1 rings (SSSR count). The van der Waals surface area contributed by atoms with Crippen LogP contribution in [0.25, 0.3) is 0 Å². The maximum absolute atomic E-state index is 5.32. The zero-order chi connectivity index (χ0) is 11.1. The summed E-state index contributed by atoms with van der Waals surface area (Å²) in [5.74, 6) is 0. The molecule has 2 N–H and O–H groups in total. The summed E-state index contributed by atoms with van der Waals surface area (Å²) in [6.07, 6.45) is 8.95. The van der Waals surface area contributed by atoms with Crippen molar-refractivity contribution < 1.29 is 0 Å². The van der Waals surface area contributed by atoms with Crippen molar-refractivity contribution in [3.8, 4) is 0 Å². The molecule has 0 spiro atoms. The molecule has 0 aromatic heterocycles. The predicted octanol–water partition coefficient (Wildman–Crippen LogP) is 2.97. The highest BCUT2D eigenvalue weighted by Crippen LogP contribution is 2.17. The first-order valence-corrected chi connectivity index (χ1v) is 6.74. The number of thiocarbonyl (C=S) groups is 1. The van der Waals surface area contributed by atoms with Gasteiger partial charge in [-0.05, 0) is 37.9 Å². The molecule has 0 radical (unpaired) electrons. The van der Waals surface area contributed by atoms with E-state index >= 15 is 0 Å². The average Bonchev–Trinajstić information content (AvgIpc) is 2.27. The van der Waals surface area contributed by atoms with Gasteiger partial charge in [-0.25, -0.2) is 0 Å². The lowest BCUT2D eigenvalue weighted by Crippen LogP contribution is -2.46. The second-order valence-electron chi connectivity index (χ2n) is 4.47. The normalized spacial score (nSPS) is 17.8. The van der Waals surface area contributed by atoms with Crippen LogP contribution < -0.4 is 10.6 Å². The molecule has 0 bridgehead atoms. The van der Waals surface area contributed by atoms with Gasteiger partial charge in [-0.3, -0.25) is 0 Å². The third-order valence-electron chi connectivity index (χ3n) is 3.26. The van der Waals surface area contributed by atoms with Gasteiger partial charge in [0.15, 0.2) is 5.11 Å². The quantitative estimate of drug-likeness (QED) is 0.723. The Morgan fingerprint density at radius 2 is 1.80 bits per heavy atom. The molecule has 3 heteroatoms. The van der Waals surface area contributed by atoms with E-state index in [1.165, 1.54) is 32.1 Å². The van der Waals surface area contributed by atoms with Crippen LogP contribution in [0.1, 0.15) is 58.8 Å². The molecular weight excluding hydrogens is 204 g/mol. The Hall–Kier alpha value is -0.310. The molecule has 0 aromatic carbocycles. The molecule has 88 valence electrons. The minimum atomic E-state index is 0.536. The van der Waals surface area contributed by atoms with Gasteiger partial charge in [0.2, 0.25) is 0 Å². The highest BCUT2D eigenvalue weighted by Gasteiger charge is 2.14. The molecule has 0 amide bonds. The highest BCUT2D eigenvalue weighted by molar-refractivity contribution is 7.80. The summed E-state index contributed by atoms with van der Waals surface area (Å²) >= 11 is 5.32. The summed E-state index contributed by atoms with van der Waals surface area (Å²) in [5.41, 5.74) is 0. The molecule has 15 heavy (non-hydrogen) atoms. The van der Waals surface area contributed by atoms with Crippen LogP contribution in [0.5, 0.6) is 0 Å². The third-order valence-corrected chi connectivity index (χ3v) is 3.50. The maximum atomic E-state index is 5.32. The van der Waals surface area contributed by atoms with Crippen molar-refractivity contribution in [2.75, 3.05) is 0 Å². The lowest BCUT2D eigenvalue weighted by Gasteiger charge is -2.26. The largest absolute Gasteiger partial charge is 0.360 e. The highest BCUT2D eigenvalue weighted by atomic mass is 32.1. The van der Waals surface area contributed by atoms with Crippen LogP contribution in [-0.2, 0) is 0 Å². The van der Waals surface area contributed by atoms with Crippen molar-refractivity contribution >= 4 is 17.3 Å². The standard InChI is InChI=1S/C12H24N2S/c1-3-10(4-2)13-12(15)14-11-8-6-5-7-9-11/h10-11H,3-9H2,1-2H3,(H2,13,14,15). The minimum absolute atomic E-state index is 0.536. The molecule has 0 saturated heterocycles. The van der Waals surface area contributed by atoms with E-state index in [0.29, 0.717) is 12.1 Å². The Morgan fingerprint density at radius 1 is 1.20 bits per heavy atom. The summed E-state index contributed by atoms with van der Waals surface area (Å²) in [7, 11) is 0. The summed E-state index contributed by atoms with van der Waals surface area (Å²) in [4.78, 5) is 0. The first kappa shape index (κ1) is 12.8. The van der Waals surface area contributed by atoms with Gasteiger partial charge in [-0.2, -0.15) is 0 Å². The van der Waals surface area contributed by atoms with Crippen LogP contribution in [-0.4, -0.2) is 17.2 Å². The van der Waals surface area contributed by atoms with Gasteiger partial charge >= 0.3 is 0 Å². The molecule has 2 nitrogen and oxygen atoms in total. The zero-order valence-electron chi connectivity index (χ0n) is 10.0.